The topological polar surface area (TPSA) is 109 Å². The number of aliphatic hydroxyl groups excluding tert-OH is 1. The van der Waals surface area contributed by atoms with Crippen LogP contribution in [-0.4, -0.2) is 70.1 Å². The molecule has 0 bridgehead atoms. The van der Waals surface area contributed by atoms with Crippen molar-refractivity contribution >= 4 is 5.91 Å². The first-order chi connectivity index (χ1) is 9.61. The zero-order valence-corrected chi connectivity index (χ0v) is 11.1. The van der Waals surface area contributed by atoms with Crippen molar-refractivity contribution < 1.29 is 9.90 Å². The third-order valence-corrected chi connectivity index (χ3v) is 3.34. The van der Waals surface area contributed by atoms with Crippen LogP contribution in [0.4, 0.5) is 0 Å². The lowest BCUT2D eigenvalue weighted by Crippen LogP contribution is -2.39. The van der Waals surface area contributed by atoms with E-state index < -0.39 is 11.2 Å². The molecule has 110 valence electrons. The van der Waals surface area contributed by atoms with Crippen LogP contribution in [0.1, 0.15) is 16.8 Å². The summed E-state index contributed by atoms with van der Waals surface area (Å²) in [6, 6.07) is 0. The monoisotopic (exact) mass is 282 g/mol. The molecule has 1 aromatic rings. The lowest BCUT2D eigenvalue weighted by molar-refractivity contribution is 0.0758. The Labute approximate surface area is 115 Å². The highest BCUT2D eigenvalue weighted by molar-refractivity contribution is 5.93. The van der Waals surface area contributed by atoms with Crippen LogP contribution in [-0.2, 0) is 0 Å². The fourth-order valence-electron chi connectivity index (χ4n) is 2.28. The van der Waals surface area contributed by atoms with Gasteiger partial charge in [0.1, 0.15) is 5.56 Å². The number of β-amino-alcohol motifs (C(OH)–C–C–N with tert-alkyl or cyclic N) is 1. The minimum absolute atomic E-state index is 0.0554. The van der Waals surface area contributed by atoms with Gasteiger partial charge in [-0.05, 0) is 13.0 Å². The number of carbonyl (C=O) groups excluding carboxylic acids is 1. The Balaban J connectivity index is 2.09. The average molecular weight is 282 g/mol. The molecule has 3 N–H and O–H groups in total. The molecule has 8 nitrogen and oxygen atoms in total. The van der Waals surface area contributed by atoms with E-state index in [9.17, 15) is 14.4 Å². The third-order valence-electron chi connectivity index (χ3n) is 3.34. The fourth-order valence-corrected chi connectivity index (χ4v) is 2.28. The lowest BCUT2D eigenvalue weighted by atomic mass is 10.2. The number of nitrogens with zero attached hydrogens (tertiary/aromatic N) is 2. The van der Waals surface area contributed by atoms with Crippen molar-refractivity contribution in [3.63, 3.8) is 0 Å². The summed E-state index contributed by atoms with van der Waals surface area (Å²) < 4.78 is 0. The maximum Gasteiger partial charge on any atom is 0.325 e. The van der Waals surface area contributed by atoms with Crippen LogP contribution < -0.4 is 11.2 Å². The van der Waals surface area contributed by atoms with Gasteiger partial charge in [-0.25, -0.2) is 4.79 Å². The Kier molecular flexibility index (Phi) is 4.70. The van der Waals surface area contributed by atoms with Gasteiger partial charge in [-0.15, -0.1) is 0 Å². The molecule has 8 heteroatoms. The van der Waals surface area contributed by atoms with Crippen LogP contribution >= 0.6 is 0 Å². The Bertz CT molecular complexity index is 579. The molecule has 0 aromatic carbocycles. The largest absolute Gasteiger partial charge is 0.395 e. The normalized spacial score (nSPS) is 16.9. The van der Waals surface area contributed by atoms with Crippen molar-refractivity contribution in [1.82, 2.24) is 19.8 Å². The number of H-pyrrole nitrogens is 2. The molecule has 1 amide bonds. The molecule has 1 saturated heterocycles. The van der Waals surface area contributed by atoms with Crippen molar-refractivity contribution in [2.75, 3.05) is 39.3 Å². The highest BCUT2D eigenvalue weighted by Crippen LogP contribution is 2.05. The molecule has 20 heavy (non-hydrogen) atoms. The van der Waals surface area contributed by atoms with Crippen LogP contribution in [0.3, 0.4) is 0 Å². The highest BCUT2D eigenvalue weighted by Gasteiger charge is 2.22. The molecule has 0 radical (unpaired) electrons. The number of aromatic amines is 2. The molecule has 0 unspecified atom stereocenters. The highest BCUT2D eigenvalue weighted by atomic mass is 16.3. The summed E-state index contributed by atoms with van der Waals surface area (Å²) in [5.41, 5.74) is -1.35. The van der Waals surface area contributed by atoms with Crippen LogP contribution in [0.25, 0.3) is 0 Å². The molecular weight excluding hydrogens is 264 g/mol. The summed E-state index contributed by atoms with van der Waals surface area (Å²) in [4.78, 5) is 42.8. The van der Waals surface area contributed by atoms with E-state index in [4.69, 9.17) is 5.11 Å². The van der Waals surface area contributed by atoms with Gasteiger partial charge in [0, 0.05) is 32.4 Å². The summed E-state index contributed by atoms with van der Waals surface area (Å²) in [6.07, 6.45) is 1.94. The summed E-state index contributed by atoms with van der Waals surface area (Å²) in [5, 5.41) is 8.92. The first kappa shape index (κ1) is 14.5. The molecule has 0 spiro atoms. The number of amides is 1. The van der Waals surface area contributed by atoms with Gasteiger partial charge in [0.25, 0.3) is 11.5 Å². The molecule has 2 heterocycles. The molecule has 2 rings (SSSR count). The summed E-state index contributed by atoms with van der Waals surface area (Å²) in [7, 11) is 0. The van der Waals surface area contributed by atoms with Gasteiger partial charge in [-0.1, -0.05) is 0 Å². The Morgan fingerprint density at radius 1 is 1.25 bits per heavy atom. The predicted octanol–water partition coefficient (Wildman–Crippen LogP) is -1.80. The van der Waals surface area contributed by atoms with Crippen molar-refractivity contribution in [3.05, 3.63) is 32.6 Å². The summed E-state index contributed by atoms with van der Waals surface area (Å²) in [6.45, 7) is 3.20. The van der Waals surface area contributed by atoms with Gasteiger partial charge < -0.3 is 15.0 Å². The lowest BCUT2D eigenvalue weighted by Gasteiger charge is -2.21. The minimum atomic E-state index is -0.671. The van der Waals surface area contributed by atoms with Crippen LogP contribution in [0.5, 0.6) is 0 Å². The van der Waals surface area contributed by atoms with E-state index in [1.165, 1.54) is 0 Å². The standard InChI is InChI=1S/C12H18N4O4/c17-7-6-15-2-1-3-16(5-4-15)11(19)9-8-13-12(20)14-10(9)18/h8,17H,1-7H2,(H2,13,14,18,20). The van der Waals surface area contributed by atoms with E-state index in [1.807, 2.05) is 4.98 Å². The van der Waals surface area contributed by atoms with Crippen molar-refractivity contribution in [1.29, 1.82) is 0 Å². The third kappa shape index (κ3) is 3.34. The van der Waals surface area contributed by atoms with Crippen molar-refractivity contribution in [3.8, 4) is 0 Å². The summed E-state index contributed by atoms with van der Waals surface area (Å²) in [5.74, 6) is -0.381. The zero-order valence-electron chi connectivity index (χ0n) is 11.1. The van der Waals surface area contributed by atoms with Crippen molar-refractivity contribution in [2.24, 2.45) is 0 Å². The van der Waals surface area contributed by atoms with Gasteiger partial charge in [-0.3, -0.25) is 19.5 Å². The second-order valence-electron chi connectivity index (χ2n) is 4.70. The van der Waals surface area contributed by atoms with E-state index >= 15 is 0 Å². The summed E-state index contributed by atoms with van der Waals surface area (Å²) >= 11 is 0. The van der Waals surface area contributed by atoms with Gasteiger partial charge >= 0.3 is 5.69 Å². The molecule has 0 atom stereocenters. The molecule has 1 aromatic heterocycles. The second kappa shape index (κ2) is 6.49. The van der Waals surface area contributed by atoms with E-state index in [0.717, 1.165) is 19.2 Å². The number of aromatic nitrogens is 2. The van der Waals surface area contributed by atoms with E-state index in [2.05, 4.69) is 9.88 Å². The van der Waals surface area contributed by atoms with Gasteiger partial charge in [0.15, 0.2) is 0 Å². The fraction of sp³-hybridized carbons (Fsp3) is 0.583. The molecule has 1 aliphatic rings. The smallest absolute Gasteiger partial charge is 0.325 e. The van der Waals surface area contributed by atoms with Crippen LogP contribution in [0.2, 0.25) is 0 Å². The number of nitrogens with one attached hydrogen (secondary N) is 2. The predicted molar refractivity (Wildman–Crippen MR) is 71.7 cm³/mol. The van der Waals surface area contributed by atoms with Gasteiger partial charge in [0.2, 0.25) is 0 Å². The Morgan fingerprint density at radius 3 is 2.75 bits per heavy atom. The maximum absolute atomic E-state index is 12.3. The first-order valence-corrected chi connectivity index (χ1v) is 6.56. The Hall–Kier alpha value is -1.93. The molecule has 1 fully saturated rings. The Morgan fingerprint density at radius 2 is 2.05 bits per heavy atom. The SMILES string of the molecule is O=C(c1c[nH]c(=O)[nH]c1=O)N1CCCN(CCO)CC1. The molecule has 0 saturated carbocycles. The molecule has 1 aliphatic heterocycles. The van der Waals surface area contributed by atoms with Crippen molar-refractivity contribution in [2.45, 2.75) is 6.42 Å². The molecule has 0 aliphatic carbocycles. The number of hydrogen-bond acceptors (Lipinski definition) is 5. The number of hydrogen-bond donors (Lipinski definition) is 3. The van der Waals surface area contributed by atoms with E-state index in [1.54, 1.807) is 4.90 Å². The second-order valence-corrected chi connectivity index (χ2v) is 4.70. The quantitative estimate of drug-likeness (QED) is 0.606. The van der Waals surface area contributed by atoms with E-state index in [0.29, 0.717) is 26.2 Å². The van der Waals surface area contributed by atoms with E-state index in [-0.39, 0.29) is 18.1 Å². The number of aliphatic hydroxyl groups is 1. The first-order valence-electron chi connectivity index (χ1n) is 6.56. The number of carbonyl (C=O) groups is 1. The zero-order chi connectivity index (χ0) is 14.5. The van der Waals surface area contributed by atoms with Gasteiger partial charge in [0.05, 0.1) is 6.61 Å². The molecular formula is C12H18N4O4. The van der Waals surface area contributed by atoms with Crippen LogP contribution in [0, 0.1) is 0 Å². The average Bonchev–Trinajstić information content (AvgIpc) is 2.64. The van der Waals surface area contributed by atoms with Gasteiger partial charge in [-0.2, -0.15) is 0 Å². The van der Waals surface area contributed by atoms with Crippen LogP contribution in [0.15, 0.2) is 15.8 Å². The number of rotatable bonds is 3. The minimum Gasteiger partial charge on any atom is -0.395 e. The maximum atomic E-state index is 12.3.